The van der Waals surface area contributed by atoms with Crippen LogP contribution in [0.1, 0.15) is 32.7 Å². The molecule has 17 heavy (non-hydrogen) atoms. The van der Waals surface area contributed by atoms with Gasteiger partial charge in [0.2, 0.25) is 5.91 Å². The summed E-state index contributed by atoms with van der Waals surface area (Å²) in [6, 6.07) is 0.962. The fourth-order valence-corrected chi connectivity index (χ4v) is 1.46. The van der Waals surface area contributed by atoms with Gasteiger partial charge in [-0.3, -0.25) is 14.3 Å². The molecule has 0 saturated carbocycles. The maximum atomic E-state index is 11.8. The molecular formula is C11H17N3O3. The summed E-state index contributed by atoms with van der Waals surface area (Å²) in [4.78, 5) is 22.4. The van der Waals surface area contributed by atoms with Crippen LogP contribution in [0.4, 0.5) is 0 Å². The molecule has 0 spiro atoms. The molecule has 0 saturated heterocycles. The molecule has 0 aliphatic heterocycles. The Hall–Kier alpha value is -1.85. The Balaban J connectivity index is 2.55. The number of rotatable bonds is 6. The first kappa shape index (κ1) is 13.2. The van der Waals surface area contributed by atoms with E-state index in [-0.39, 0.29) is 18.4 Å². The van der Waals surface area contributed by atoms with E-state index < -0.39 is 12.0 Å². The van der Waals surface area contributed by atoms with E-state index >= 15 is 0 Å². The Bertz CT molecular complexity index is 375. The number of nitrogens with one attached hydrogen (secondary N) is 1. The number of amides is 1. The Morgan fingerprint density at radius 3 is 2.71 bits per heavy atom. The van der Waals surface area contributed by atoms with Gasteiger partial charge in [-0.1, -0.05) is 6.92 Å². The van der Waals surface area contributed by atoms with E-state index in [1.54, 1.807) is 25.4 Å². The lowest BCUT2D eigenvalue weighted by molar-refractivity contribution is -0.137. The van der Waals surface area contributed by atoms with Crippen molar-refractivity contribution in [3.05, 3.63) is 18.5 Å². The van der Waals surface area contributed by atoms with Gasteiger partial charge in [0.25, 0.3) is 0 Å². The standard InChI is InChI=1S/C11H17N3O3/c1-3-9(7-10(15)16)13-11(17)8(2)14-6-4-5-12-14/h4-6,8-9H,3,7H2,1-2H3,(H,13,17)(H,15,16). The van der Waals surface area contributed by atoms with Crippen molar-refractivity contribution < 1.29 is 14.7 Å². The predicted octanol–water partition coefficient (Wildman–Crippen LogP) is 0.814. The Kier molecular flexibility index (Phi) is 4.68. The van der Waals surface area contributed by atoms with Gasteiger partial charge in [-0.05, 0) is 19.4 Å². The van der Waals surface area contributed by atoms with Crippen LogP contribution in [0.5, 0.6) is 0 Å². The first-order valence-electron chi connectivity index (χ1n) is 5.55. The monoisotopic (exact) mass is 239 g/mol. The summed E-state index contributed by atoms with van der Waals surface area (Å²) in [7, 11) is 0. The van der Waals surface area contributed by atoms with Crippen LogP contribution >= 0.6 is 0 Å². The van der Waals surface area contributed by atoms with Gasteiger partial charge in [0, 0.05) is 18.4 Å². The van der Waals surface area contributed by atoms with Crippen LogP contribution < -0.4 is 5.32 Å². The SMILES string of the molecule is CCC(CC(=O)O)NC(=O)C(C)n1cccn1. The number of carboxylic acid groups (broad SMARTS) is 1. The second kappa shape index (κ2) is 6.03. The molecule has 0 bridgehead atoms. The van der Waals surface area contributed by atoms with Gasteiger partial charge in [0.15, 0.2) is 0 Å². The van der Waals surface area contributed by atoms with Crippen LogP contribution in [0.3, 0.4) is 0 Å². The number of hydrogen-bond acceptors (Lipinski definition) is 3. The zero-order valence-corrected chi connectivity index (χ0v) is 9.96. The molecule has 0 fully saturated rings. The molecule has 1 heterocycles. The smallest absolute Gasteiger partial charge is 0.305 e. The van der Waals surface area contributed by atoms with Gasteiger partial charge >= 0.3 is 5.97 Å². The number of aliphatic carboxylic acids is 1. The van der Waals surface area contributed by atoms with E-state index in [0.717, 1.165) is 0 Å². The van der Waals surface area contributed by atoms with E-state index in [1.165, 1.54) is 4.68 Å². The molecule has 1 rings (SSSR count). The van der Waals surface area contributed by atoms with E-state index in [2.05, 4.69) is 10.4 Å². The molecule has 2 N–H and O–H groups in total. The topological polar surface area (TPSA) is 84.2 Å². The fourth-order valence-electron chi connectivity index (χ4n) is 1.46. The number of carboxylic acids is 1. The van der Waals surface area contributed by atoms with Gasteiger partial charge in [0.05, 0.1) is 6.42 Å². The Labute approximate surface area is 99.6 Å². The Morgan fingerprint density at radius 2 is 2.24 bits per heavy atom. The highest BCUT2D eigenvalue weighted by Crippen LogP contribution is 2.06. The molecule has 0 aromatic carbocycles. The van der Waals surface area contributed by atoms with Gasteiger partial charge < -0.3 is 10.4 Å². The lowest BCUT2D eigenvalue weighted by atomic mass is 10.1. The molecule has 1 aromatic heterocycles. The maximum absolute atomic E-state index is 11.8. The molecular weight excluding hydrogens is 222 g/mol. The summed E-state index contributed by atoms with van der Waals surface area (Å²) in [5.41, 5.74) is 0. The molecule has 94 valence electrons. The molecule has 2 atom stereocenters. The predicted molar refractivity (Wildman–Crippen MR) is 61.4 cm³/mol. The van der Waals surface area contributed by atoms with Crippen LogP contribution in [0.15, 0.2) is 18.5 Å². The second-order valence-corrected chi connectivity index (χ2v) is 3.87. The van der Waals surface area contributed by atoms with Gasteiger partial charge in [-0.25, -0.2) is 0 Å². The summed E-state index contributed by atoms with van der Waals surface area (Å²) in [5.74, 6) is -1.13. The highest BCUT2D eigenvalue weighted by molar-refractivity contribution is 5.80. The lowest BCUT2D eigenvalue weighted by Crippen LogP contribution is -2.39. The molecule has 0 aliphatic carbocycles. The largest absolute Gasteiger partial charge is 0.481 e. The third-order valence-corrected chi connectivity index (χ3v) is 2.56. The summed E-state index contributed by atoms with van der Waals surface area (Å²) in [6.45, 7) is 3.56. The summed E-state index contributed by atoms with van der Waals surface area (Å²) in [5, 5.41) is 15.4. The summed E-state index contributed by atoms with van der Waals surface area (Å²) >= 11 is 0. The third-order valence-electron chi connectivity index (χ3n) is 2.56. The van der Waals surface area contributed by atoms with Crippen molar-refractivity contribution in [2.75, 3.05) is 0 Å². The minimum absolute atomic E-state index is 0.0614. The molecule has 1 aromatic rings. The fraction of sp³-hybridized carbons (Fsp3) is 0.545. The average molecular weight is 239 g/mol. The molecule has 0 aliphatic rings. The van der Waals surface area contributed by atoms with Gasteiger partial charge in [-0.15, -0.1) is 0 Å². The maximum Gasteiger partial charge on any atom is 0.305 e. The number of carbonyl (C=O) groups is 2. The van der Waals surface area contributed by atoms with Crippen molar-refractivity contribution in [2.45, 2.75) is 38.8 Å². The number of carbonyl (C=O) groups excluding carboxylic acids is 1. The zero-order chi connectivity index (χ0) is 12.8. The number of hydrogen-bond donors (Lipinski definition) is 2. The first-order valence-corrected chi connectivity index (χ1v) is 5.55. The van der Waals surface area contributed by atoms with Crippen LogP contribution in [0.25, 0.3) is 0 Å². The van der Waals surface area contributed by atoms with Crippen LogP contribution in [0, 0.1) is 0 Å². The van der Waals surface area contributed by atoms with Crippen molar-refractivity contribution in [3.8, 4) is 0 Å². The highest BCUT2D eigenvalue weighted by Gasteiger charge is 2.19. The van der Waals surface area contributed by atoms with Crippen LogP contribution in [-0.2, 0) is 9.59 Å². The lowest BCUT2D eigenvalue weighted by Gasteiger charge is -2.18. The molecule has 6 nitrogen and oxygen atoms in total. The van der Waals surface area contributed by atoms with Crippen molar-refractivity contribution in [1.29, 1.82) is 0 Å². The van der Waals surface area contributed by atoms with Crippen molar-refractivity contribution >= 4 is 11.9 Å². The van der Waals surface area contributed by atoms with Gasteiger partial charge in [0.1, 0.15) is 6.04 Å². The summed E-state index contributed by atoms with van der Waals surface area (Å²) in [6.07, 6.45) is 3.82. The molecule has 0 radical (unpaired) electrons. The van der Waals surface area contributed by atoms with Gasteiger partial charge in [-0.2, -0.15) is 5.10 Å². The van der Waals surface area contributed by atoms with E-state index in [9.17, 15) is 9.59 Å². The molecule has 1 amide bonds. The average Bonchev–Trinajstić information content (AvgIpc) is 2.79. The quantitative estimate of drug-likeness (QED) is 0.769. The van der Waals surface area contributed by atoms with E-state index in [0.29, 0.717) is 6.42 Å². The summed E-state index contributed by atoms with van der Waals surface area (Å²) < 4.78 is 1.53. The third kappa shape index (κ3) is 3.90. The number of aromatic nitrogens is 2. The van der Waals surface area contributed by atoms with Crippen molar-refractivity contribution in [2.24, 2.45) is 0 Å². The Morgan fingerprint density at radius 1 is 1.53 bits per heavy atom. The minimum Gasteiger partial charge on any atom is -0.481 e. The van der Waals surface area contributed by atoms with Crippen LogP contribution in [-0.4, -0.2) is 32.8 Å². The molecule has 6 heteroatoms. The van der Waals surface area contributed by atoms with E-state index in [1.807, 2.05) is 6.92 Å². The minimum atomic E-state index is -0.913. The van der Waals surface area contributed by atoms with Crippen molar-refractivity contribution in [3.63, 3.8) is 0 Å². The second-order valence-electron chi connectivity index (χ2n) is 3.87. The van der Waals surface area contributed by atoms with Crippen LogP contribution in [0.2, 0.25) is 0 Å². The highest BCUT2D eigenvalue weighted by atomic mass is 16.4. The number of nitrogens with zero attached hydrogens (tertiary/aromatic N) is 2. The normalized spacial score (nSPS) is 14.0. The zero-order valence-electron chi connectivity index (χ0n) is 9.96. The molecule has 2 unspecified atom stereocenters. The van der Waals surface area contributed by atoms with E-state index in [4.69, 9.17) is 5.11 Å². The first-order chi connectivity index (χ1) is 8.04. The van der Waals surface area contributed by atoms with Crippen molar-refractivity contribution in [1.82, 2.24) is 15.1 Å².